The van der Waals surface area contributed by atoms with Crippen molar-refractivity contribution >= 4 is 5.69 Å². The molecule has 0 atom stereocenters. The van der Waals surface area contributed by atoms with Gasteiger partial charge in [-0.2, -0.15) is 0 Å². The van der Waals surface area contributed by atoms with Crippen LogP contribution in [0.5, 0.6) is 0 Å². The minimum Gasteiger partial charge on any atom is -0.384 e. The molecule has 0 saturated carbocycles. The Morgan fingerprint density at radius 2 is 2.11 bits per heavy atom. The van der Waals surface area contributed by atoms with Gasteiger partial charge in [0.25, 0.3) is 0 Å². The van der Waals surface area contributed by atoms with Gasteiger partial charge < -0.3 is 15.8 Å². The Morgan fingerprint density at radius 3 is 2.84 bits per heavy atom. The number of morpholine rings is 1. The Balaban J connectivity index is 1.84. The molecule has 0 radical (unpaired) electrons. The lowest BCUT2D eigenvalue weighted by Gasteiger charge is -2.26. The number of nitrogens with two attached hydrogens (primary N) is 1. The summed E-state index contributed by atoms with van der Waals surface area (Å²) in [5.74, 6) is -0.206. The first-order valence-corrected chi connectivity index (χ1v) is 6.82. The number of halogens is 1. The van der Waals surface area contributed by atoms with Gasteiger partial charge >= 0.3 is 0 Å². The molecule has 19 heavy (non-hydrogen) atoms. The van der Waals surface area contributed by atoms with Gasteiger partial charge in [-0.1, -0.05) is 0 Å². The minimum absolute atomic E-state index is 0.206. The van der Waals surface area contributed by atoms with E-state index in [1.807, 2.05) is 0 Å². The molecule has 0 amide bonds. The van der Waals surface area contributed by atoms with Gasteiger partial charge in [0.05, 0.1) is 13.2 Å². The Kier molecular flexibility index (Phi) is 5.57. The maximum Gasteiger partial charge on any atom is 0.123 e. The molecule has 1 heterocycles. The van der Waals surface area contributed by atoms with Crippen LogP contribution >= 0.6 is 0 Å². The number of ether oxygens (including phenoxy) is 1. The Bertz CT molecular complexity index is 394. The van der Waals surface area contributed by atoms with Crippen LogP contribution in [0.3, 0.4) is 0 Å². The zero-order valence-electron chi connectivity index (χ0n) is 11.2. The highest BCUT2D eigenvalue weighted by atomic mass is 19.1. The largest absolute Gasteiger partial charge is 0.384 e. The molecule has 5 heteroatoms. The summed E-state index contributed by atoms with van der Waals surface area (Å²) in [7, 11) is 0. The van der Waals surface area contributed by atoms with E-state index in [1.54, 1.807) is 12.1 Å². The fraction of sp³-hybridized carbons (Fsp3) is 0.571. The first-order chi connectivity index (χ1) is 9.29. The quantitative estimate of drug-likeness (QED) is 0.809. The average Bonchev–Trinajstić information content (AvgIpc) is 2.43. The molecule has 0 spiro atoms. The maximum absolute atomic E-state index is 13.2. The highest BCUT2D eigenvalue weighted by Gasteiger charge is 2.10. The van der Waals surface area contributed by atoms with E-state index < -0.39 is 0 Å². The predicted molar refractivity (Wildman–Crippen MR) is 74.9 cm³/mol. The van der Waals surface area contributed by atoms with Crippen LogP contribution in [0.2, 0.25) is 0 Å². The summed E-state index contributed by atoms with van der Waals surface area (Å²) >= 11 is 0. The second kappa shape index (κ2) is 7.43. The number of rotatable bonds is 6. The van der Waals surface area contributed by atoms with Gasteiger partial charge in [0, 0.05) is 31.9 Å². The summed E-state index contributed by atoms with van der Waals surface area (Å²) in [5, 5.41) is 3.37. The molecule has 0 aromatic heterocycles. The highest BCUT2D eigenvalue weighted by molar-refractivity contribution is 5.51. The summed E-state index contributed by atoms with van der Waals surface area (Å²) in [6, 6.07) is 4.83. The number of nitrogens with one attached hydrogen (secondary N) is 1. The van der Waals surface area contributed by atoms with Crippen molar-refractivity contribution in [1.82, 2.24) is 4.90 Å². The van der Waals surface area contributed by atoms with E-state index in [2.05, 4.69) is 10.2 Å². The van der Waals surface area contributed by atoms with E-state index in [1.165, 1.54) is 6.07 Å². The van der Waals surface area contributed by atoms with Crippen LogP contribution < -0.4 is 11.1 Å². The molecular formula is C14H22FN3O. The van der Waals surface area contributed by atoms with Crippen molar-refractivity contribution in [3.8, 4) is 0 Å². The third kappa shape index (κ3) is 4.45. The summed E-state index contributed by atoms with van der Waals surface area (Å²) in [4.78, 5) is 2.36. The van der Waals surface area contributed by atoms with E-state index in [9.17, 15) is 4.39 Å². The molecule has 0 bridgehead atoms. The second-order valence-corrected chi connectivity index (χ2v) is 4.72. The Morgan fingerprint density at radius 1 is 1.32 bits per heavy atom. The molecule has 1 aromatic carbocycles. The molecule has 1 saturated heterocycles. The van der Waals surface area contributed by atoms with E-state index >= 15 is 0 Å². The standard InChI is InChI=1S/C14H22FN3O/c15-13-1-2-14(12(11-13)3-4-16)17-5-6-18-7-9-19-10-8-18/h1-2,11,17H,3-10,16H2. The van der Waals surface area contributed by atoms with Crippen LogP contribution in [0.15, 0.2) is 18.2 Å². The van der Waals surface area contributed by atoms with E-state index in [0.717, 1.165) is 50.6 Å². The topological polar surface area (TPSA) is 50.5 Å². The van der Waals surface area contributed by atoms with Crippen molar-refractivity contribution < 1.29 is 9.13 Å². The van der Waals surface area contributed by atoms with Crippen LogP contribution in [0.1, 0.15) is 5.56 Å². The molecule has 106 valence electrons. The first kappa shape index (κ1) is 14.2. The molecule has 1 aromatic rings. The number of hydrogen-bond donors (Lipinski definition) is 2. The average molecular weight is 267 g/mol. The van der Waals surface area contributed by atoms with E-state index in [-0.39, 0.29) is 5.82 Å². The maximum atomic E-state index is 13.2. The van der Waals surface area contributed by atoms with Crippen molar-refractivity contribution in [3.63, 3.8) is 0 Å². The molecule has 1 aliphatic heterocycles. The fourth-order valence-corrected chi connectivity index (χ4v) is 2.27. The predicted octanol–water partition coefficient (Wildman–Crippen LogP) is 1.07. The zero-order valence-corrected chi connectivity index (χ0v) is 11.2. The fourth-order valence-electron chi connectivity index (χ4n) is 2.27. The zero-order chi connectivity index (χ0) is 13.5. The van der Waals surface area contributed by atoms with Crippen LogP contribution in [0, 0.1) is 5.82 Å². The third-order valence-electron chi connectivity index (χ3n) is 3.33. The molecule has 3 N–H and O–H groups in total. The number of anilines is 1. The van der Waals surface area contributed by atoms with Gasteiger partial charge in [-0.15, -0.1) is 0 Å². The summed E-state index contributed by atoms with van der Waals surface area (Å²) < 4.78 is 18.5. The monoisotopic (exact) mass is 267 g/mol. The van der Waals surface area contributed by atoms with Crippen molar-refractivity contribution in [2.24, 2.45) is 5.73 Å². The molecule has 1 fully saturated rings. The Hall–Kier alpha value is -1.17. The molecular weight excluding hydrogens is 245 g/mol. The summed E-state index contributed by atoms with van der Waals surface area (Å²) in [6.45, 7) is 5.96. The van der Waals surface area contributed by atoms with Gasteiger partial charge in [0.2, 0.25) is 0 Å². The third-order valence-corrected chi connectivity index (χ3v) is 3.33. The summed E-state index contributed by atoms with van der Waals surface area (Å²) in [6.07, 6.45) is 0.692. The smallest absolute Gasteiger partial charge is 0.123 e. The van der Waals surface area contributed by atoms with Crippen molar-refractivity contribution in [3.05, 3.63) is 29.6 Å². The first-order valence-electron chi connectivity index (χ1n) is 6.82. The van der Waals surface area contributed by atoms with Crippen molar-refractivity contribution in [2.75, 3.05) is 51.3 Å². The van der Waals surface area contributed by atoms with E-state index in [4.69, 9.17) is 10.5 Å². The molecule has 0 aliphatic carbocycles. The van der Waals surface area contributed by atoms with Crippen molar-refractivity contribution in [2.45, 2.75) is 6.42 Å². The van der Waals surface area contributed by atoms with Crippen molar-refractivity contribution in [1.29, 1.82) is 0 Å². The Labute approximate surface area is 113 Å². The number of hydrogen-bond acceptors (Lipinski definition) is 4. The molecule has 0 unspecified atom stereocenters. The van der Waals surface area contributed by atoms with Gasteiger partial charge in [-0.25, -0.2) is 4.39 Å². The lowest BCUT2D eigenvalue weighted by molar-refractivity contribution is 0.0398. The summed E-state index contributed by atoms with van der Waals surface area (Å²) in [5.41, 5.74) is 7.49. The van der Waals surface area contributed by atoms with Gasteiger partial charge in [-0.05, 0) is 36.7 Å². The van der Waals surface area contributed by atoms with Gasteiger partial charge in [0.1, 0.15) is 5.82 Å². The van der Waals surface area contributed by atoms with Gasteiger partial charge in [-0.3, -0.25) is 4.90 Å². The van der Waals surface area contributed by atoms with Gasteiger partial charge in [0.15, 0.2) is 0 Å². The van der Waals surface area contributed by atoms with Crippen LogP contribution in [0.4, 0.5) is 10.1 Å². The highest BCUT2D eigenvalue weighted by Crippen LogP contribution is 2.17. The lowest BCUT2D eigenvalue weighted by Crippen LogP contribution is -2.39. The molecule has 4 nitrogen and oxygen atoms in total. The number of nitrogens with zero attached hydrogens (tertiary/aromatic N) is 1. The molecule has 2 rings (SSSR count). The van der Waals surface area contributed by atoms with Crippen LogP contribution in [-0.2, 0) is 11.2 Å². The minimum atomic E-state index is -0.206. The lowest BCUT2D eigenvalue weighted by atomic mass is 10.1. The van der Waals surface area contributed by atoms with E-state index in [0.29, 0.717) is 13.0 Å². The molecule has 1 aliphatic rings. The van der Waals surface area contributed by atoms with Crippen LogP contribution in [0.25, 0.3) is 0 Å². The normalized spacial score (nSPS) is 16.5. The van der Waals surface area contributed by atoms with Crippen LogP contribution in [-0.4, -0.2) is 50.8 Å². The second-order valence-electron chi connectivity index (χ2n) is 4.72. The SMILES string of the molecule is NCCc1cc(F)ccc1NCCN1CCOCC1. The number of benzene rings is 1.